The smallest absolute Gasteiger partial charge is 0.325 e. The van der Waals surface area contributed by atoms with Crippen LogP contribution in [-0.2, 0) is 28.8 Å². The first kappa shape index (κ1) is 15.8. The summed E-state index contributed by atoms with van der Waals surface area (Å²) in [6.45, 7) is 3.10. The van der Waals surface area contributed by atoms with Crippen LogP contribution in [0.5, 0.6) is 0 Å². The van der Waals surface area contributed by atoms with Crippen molar-refractivity contribution in [3.8, 4) is 0 Å². The van der Waals surface area contributed by atoms with Gasteiger partial charge in [0.2, 0.25) is 5.91 Å². The minimum absolute atomic E-state index is 0.0799. The van der Waals surface area contributed by atoms with Gasteiger partial charge in [0.25, 0.3) is 9.05 Å². The Hall–Kier alpha value is -1.60. The molecule has 0 N–H and O–H groups in total. The summed E-state index contributed by atoms with van der Waals surface area (Å²) in [7, 11) is 2.68. The third kappa shape index (κ3) is 2.63. The van der Waals surface area contributed by atoms with Crippen molar-refractivity contribution in [2.24, 2.45) is 0 Å². The topological polar surface area (TPSA) is 80.8 Å². The molecule has 0 saturated carbocycles. The molecule has 1 aromatic rings. The maximum absolute atomic E-state index is 12.4. The highest BCUT2D eigenvalue weighted by molar-refractivity contribution is 8.13. The zero-order valence-electron chi connectivity index (χ0n) is 11.7. The van der Waals surface area contributed by atoms with Crippen LogP contribution < -0.4 is 4.90 Å². The molecule has 1 aliphatic rings. The molecule has 0 aromatic heterocycles. The maximum atomic E-state index is 12.4. The summed E-state index contributed by atoms with van der Waals surface area (Å²) >= 11 is 0. The predicted octanol–water partition coefficient (Wildman–Crippen LogP) is 1.41. The molecule has 6 nitrogen and oxygen atoms in total. The van der Waals surface area contributed by atoms with E-state index in [1.165, 1.54) is 30.2 Å². The van der Waals surface area contributed by atoms with Crippen molar-refractivity contribution in [1.29, 1.82) is 0 Å². The molecular formula is C13H14ClNO5S. The normalized spacial score (nSPS) is 16.8. The summed E-state index contributed by atoms with van der Waals surface area (Å²) in [5, 5.41) is 0. The second-order valence-corrected chi connectivity index (χ2v) is 7.78. The Balaban J connectivity index is 2.57. The molecule has 0 atom stereocenters. The van der Waals surface area contributed by atoms with Crippen LogP contribution in [0.15, 0.2) is 23.1 Å². The fourth-order valence-electron chi connectivity index (χ4n) is 2.32. The molecule has 1 aromatic carbocycles. The van der Waals surface area contributed by atoms with Crippen molar-refractivity contribution < 1.29 is 22.7 Å². The van der Waals surface area contributed by atoms with Gasteiger partial charge in [0, 0.05) is 16.4 Å². The van der Waals surface area contributed by atoms with Crippen molar-refractivity contribution in [2.45, 2.75) is 24.2 Å². The molecular weight excluding hydrogens is 318 g/mol. The summed E-state index contributed by atoms with van der Waals surface area (Å²) in [5.74, 6) is -0.854. The van der Waals surface area contributed by atoms with Gasteiger partial charge in [-0.1, -0.05) is 0 Å². The molecule has 8 heteroatoms. The van der Waals surface area contributed by atoms with Crippen LogP contribution in [0.3, 0.4) is 0 Å². The van der Waals surface area contributed by atoms with Crippen LogP contribution >= 0.6 is 10.7 Å². The Morgan fingerprint density at radius 2 is 2.00 bits per heavy atom. The van der Waals surface area contributed by atoms with Crippen LogP contribution in [0.2, 0.25) is 0 Å². The van der Waals surface area contributed by atoms with Gasteiger partial charge >= 0.3 is 5.97 Å². The number of hydrogen-bond donors (Lipinski definition) is 0. The average Bonchev–Trinajstić information content (AvgIpc) is 2.59. The molecule has 1 amide bonds. The highest BCUT2D eigenvalue weighted by atomic mass is 35.7. The number of nitrogens with zero attached hydrogens (tertiary/aromatic N) is 1. The zero-order valence-corrected chi connectivity index (χ0v) is 13.3. The Kier molecular flexibility index (Phi) is 3.75. The van der Waals surface area contributed by atoms with E-state index in [0.29, 0.717) is 11.3 Å². The third-order valence-electron chi connectivity index (χ3n) is 3.51. The minimum atomic E-state index is -3.89. The molecule has 0 radical (unpaired) electrons. The molecule has 0 unspecified atom stereocenters. The van der Waals surface area contributed by atoms with E-state index < -0.39 is 20.4 Å². The lowest BCUT2D eigenvalue weighted by atomic mass is 9.86. The number of fused-ring (bicyclic) bond motifs is 1. The van der Waals surface area contributed by atoms with Crippen molar-refractivity contribution in [3.05, 3.63) is 23.8 Å². The number of halogens is 1. The van der Waals surface area contributed by atoms with Gasteiger partial charge in [0.05, 0.1) is 17.4 Å². The van der Waals surface area contributed by atoms with Crippen LogP contribution in [-0.4, -0.2) is 33.9 Å². The Bertz CT molecular complexity index is 726. The largest absolute Gasteiger partial charge is 0.468 e. The lowest BCUT2D eigenvalue weighted by molar-refractivity contribution is -0.140. The highest BCUT2D eigenvalue weighted by Crippen LogP contribution is 2.42. The Morgan fingerprint density at radius 1 is 1.38 bits per heavy atom. The second kappa shape index (κ2) is 4.99. The van der Waals surface area contributed by atoms with E-state index in [0.717, 1.165) is 0 Å². The number of amides is 1. The molecule has 21 heavy (non-hydrogen) atoms. The van der Waals surface area contributed by atoms with Gasteiger partial charge in [0.15, 0.2) is 0 Å². The van der Waals surface area contributed by atoms with Crippen molar-refractivity contribution in [1.82, 2.24) is 0 Å². The second-order valence-electron chi connectivity index (χ2n) is 5.21. The number of rotatable bonds is 3. The summed E-state index contributed by atoms with van der Waals surface area (Å²) < 4.78 is 27.4. The van der Waals surface area contributed by atoms with Crippen molar-refractivity contribution in [2.75, 3.05) is 18.6 Å². The quantitative estimate of drug-likeness (QED) is 0.618. The summed E-state index contributed by atoms with van der Waals surface area (Å²) in [6, 6.07) is 4.15. The fraction of sp³-hybridized carbons (Fsp3) is 0.385. The number of carbonyl (C=O) groups is 2. The standard InChI is InChI=1S/C13H14ClNO5S/c1-13(2)9-6-8(21(14,18)19)4-5-10(9)15(12(13)17)7-11(16)20-3/h4-6H,7H2,1-3H3. The summed E-state index contributed by atoms with van der Waals surface area (Å²) in [6.07, 6.45) is 0. The predicted molar refractivity (Wildman–Crippen MR) is 76.9 cm³/mol. The molecule has 0 aliphatic carbocycles. The number of ether oxygens (including phenoxy) is 1. The van der Waals surface area contributed by atoms with E-state index in [9.17, 15) is 18.0 Å². The van der Waals surface area contributed by atoms with E-state index in [2.05, 4.69) is 4.74 Å². The van der Waals surface area contributed by atoms with Gasteiger partial charge < -0.3 is 9.64 Å². The van der Waals surface area contributed by atoms with Gasteiger partial charge in [-0.25, -0.2) is 8.42 Å². The van der Waals surface area contributed by atoms with Gasteiger partial charge in [-0.15, -0.1) is 0 Å². The van der Waals surface area contributed by atoms with Crippen LogP contribution in [0.4, 0.5) is 5.69 Å². The lowest BCUT2D eigenvalue weighted by Gasteiger charge is -2.19. The lowest BCUT2D eigenvalue weighted by Crippen LogP contribution is -2.39. The third-order valence-corrected chi connectivity index (χ3v) is 4.86. The van der Waals surface area contributed by atoms with E-state index >= 15 is 0 Å². The minimum Gasteiger partial charge on any atom is -0.468 e. The number of benzene rings is 1. The fourth-order valence-corrected chi connectivity index (χ4v) is 3.09. The molecule has 0 fully saturated rings. The van der Waals surface area contributed by atoms with Crippen LogP contribution in [0.1, 0.15) is 19.4 Å². The van der Waals surface area contributed by atoms with Crippen LogP contribution in [0, 0.1) is 0 Å². The Morgan fingerprint density at radius 3 is 2.52 bits per heavy atom. The number of hydrogen-bond acceptors (Lipinski definition) is 5. The highest BCUT2D eigenvalue weighted by Gasteiger charge is 2.45. The molecule has 114 valence electrons. The van der Waals surface area contributed by atoms with Gasteiger partial charge in [-0.3, -0.25) is 9.59 Å². The molecule has 2 rings (SSSR count). The SMILES string of the molecule is COC(=O)CN1C(=O)C(C)(C)c2cc(S(=O)(=O)Cl)ccc21. The molecule has 1 heterocycles. The van der Waals surface area contributed by atoms with Crippen LogP contribution in [0.25, 0.3) is 0 Å². The maximum Gasteiger partial charge on any atom is 0.325 e. The van der Waals surface area contributed by atoms with E-state index in [4.69, 9.17) is 10.7 Å². The first-order valence-corrected chi connectivity index (χ1v) is 8.38. The molecule has 1 aliphatic heterocycles. The summed E-state index contributed by atoms with van der Waals surface area (Å²) in [4.78, 5) is 25.1. The van der Waals surface area contributed by atoms with E-state index in [1.807, 2.05) is 0 Å². The van der Waals surface area contributed by atoms with Crippen molar-refractivity contribution in [3.63, 3.8) is 0 Å². The van der Waals surface area contributed by atoms with E-state index in [-0.39, 0.29) is 17.3 Å². The molecule has 0 spiro atoms. The number of esters is 1. The number of methoxy groups -OCH3 is 1. The van der Waals surface area contributed by atoms with Gasteiger partial charge in [0.1, 0.15) is 6.54 Å². The number of anilines is 1. The summed E-state index contributed by atoms with van der Waals surface area (Å²) in [5.41, 5.74) is 0.0543. The first-order valence-electron chi connectivity index (χ1n) is 6.07. The van der Waals surface area contributed by atoms with Crippen molar-refractivity contribution >= 4 is 37.3 Å². The number of carbonyl (C=O) groups excluding carboxylic acids is 2. The monoisotopic (exact) mass is 331 g/mol. The average molecular weight is 332 g/mol. The van der Waals surface area contributed by atoms with Gasteiger partial charge in [-0.2, -0.15) is 0 Å². The van der Waals surface area contributed by atoms with Gasteiger partial charge in [-0.05, 0) is 37.6 Å². The zero-order chi connectivity index (χ0) is 16.0. The van der Waals surface area contributed by atoms with E-state index in [1.54, 1.807) is 13.8 Å². The molecule has 0 saturated heterocycles. The molecule has 0 bridgehead atoms. The Labute approximate surface area is 127 Å². The first-order chi connectivity index (χ1) is 9.59.